The van der Waals surface area contributed by atoms with Crippen LogP contribution in [0.1, 0.15) is 24.8 Å². The summed E-state index contributed by atoms with van der Waals surface area (Å²) in [7, 11) is 3.74. The summed E-state index contributed by atoms with van der Waals surface area (Å²) in [5.74, 6) is 1.33. The van der Waals surface area contributed by atoms with Gasteiger partial charge < -0.3 is 24.4 Å². The van der Waals surface area contributed by atoms with Gasteiger partial charge in [0.05, 0.1) is 13.0 Å². The van der Waals surface area contributed by atoms with Crippen LogP contribution >= 0.6 is 0 Å². The minimum atomic E-state index is -0.0767. The van der Waals surface area contributed by atoms with E-state index in [1.807, 2.05) is 35.2 Å². The molecule has 180 valence electrons. The van der Waals surface area contributed by atoms with E-state index < -0.39 is 0 Å². The number of carbonyl (C=O) groups is 1. The lowest BCUT2D eigenvalue weighted by Crippen LogP contribution is -2.43. The van der Waals surface area contributed by atoms with Gasteiger partial charge in [-0.2, -0.15) is 4.98 Å². The summed E-state index contributed by atoms with van der Waals surface area (Å²) in [6.07, 6.45) is 2.70. The molecule has 1 fully saturated rings. The maximum Gasteiger partial charge on any atom is 0.324 e. The monoisotopic (exact) mass is 463 g/mol. The molecule has 0 radical (unpaired) electrons. The second-order valence-corrected chi connectivity index (χ2v) is 8.78. The summed E-state index contributed by atoms with van der Waals surface area (Å²) in [6, 6.07) is 18.4. The highest BCUT2D eigenvalue weighted by Gasteiger charge is 2.28. The number of anilines is 1. The number of hydrogen-bond acceptors (Lipinski definition) is 7. The van der Waals surface area contributed by atoms with Crippen LogP contribution in [0.15, 0.2) is 59.1 Å². The van der Waals surface area contributed by atoms with Gasteiger partial charge in [0.1, 0.15) is 5.75 Å². The number of piperidine rings is 1. The van der Waals surface area contributed by atoms with Gasteiger partial charge in [-0.3, -0.25) is 4.79 Å². The molecular formula is C26H33N5O3. The van der Waals surface area contributed by atoms with Crippen molar-refractivity contribution in [3.05, 3.63) is 60.2 Å². The van der Waals surface area contributed by atoms with Crippen molar-refractivity contribution in [3.63, 3.8) is 0 Å². The quantitative estimate of drug-likeness (QED) is 0.460. The minimum absolute atomic E-state index is 0.0767. The largest absolute Gasteiger partial charge is 0.497 e. The Hall–Kier alpha value is -3.39. The summed E-state index contributed by atoms with van der Waals surface area (Å²) in [5.41, 5.74) is 2.16. The third kappa shape index (κ3) is 6.35. The highest BCUT2D eigenvalue weighted by molar-refractivity contribution is 5.79. The van der Waals surface area contributed by atoms with Gasteiger partial charge in [-0.25, -0.2) is 0 Å². The van der Waals surface area contributed by atoms with Crippen LogP contribution in [-0.4, -0.2) is 61.3 Å². The van der Waals surface area contributed by atoms with Crippen molar-refractivity contribution in [3.8, 4) is 17.1 Å². The Morgan fingerprint density at radius 2 is 2.00 bits per heavy atom. The predicted octanol–water partition coefficient (Wildman–Crippen LogP) is 3.60. The maximum absolute atomic E-state index is 12.8. The number of nitrogens with zero attached hydrogens (tertiary/aromatic N) is 4. The molecule has 3 aromatic rings. The molecule has 2 aromatic carbocycles. The number of ether oxygens (including phenoxy) is 1. The maximum atomic E-state index is 12.8. The molecule has 4 rings (SSSR count). The van der Waals surface area contributed by atoms with E-state index in [4.69, 9.17) is 9.26 Å². The van der Waals surface area contributed by atoms with E-state index in [1.54, 1.807) is 7.11 Å². The fourth-order valence-corrected chi connectivity index (χ4v) is 4.25. The molecule has 2 heterocycles. The number of benzene rings is 2. The molecule has 1 saturated heterocycles. The molecule has 1 aliphatic heterocycles. The lowest BCUT2D eigenvalue weighted by Gasteiger charge is -2.30. The summed E-state index contributed by atoms with van der Waals surface area (Å²) in [4.78, 5) is 21.6. The van der Waals surface area contributed by atoms with Gasteiger partial charge >= 0.3 is 6.01 Å². The zero-order chi connectivity index (χ0) is 23.8. The van der Waals surface area contributed by atoms with Gasteiger partial charge in [0.25, 0.3) is 0 Å². The zero-order valence-corrected chi connectivity index (χ0v) is 19.9. The Balaban J connectivity index is 1.22. The van der Waals surface area contributed by atoms with Crippen LogP contribution in [-0.2, 0) is 11.3 Å². The standard InChI is InChI=1S/C26H33N5O3/c1-30(18-20-8-4-3-5-9-20)16-7-15-27-25(32)22-10-6-17-31(19-22)26-28-24(29-34-26)21-11-13-23(33-2)14-12-21/h3-5,8-9,11-14,22H,6-7,10,15-19H2,1-2H3,(H,27,32)/t22-/m1/s1. The fraction of sp³-hybridized carbons (Fsp3) is 0.423. The summed E-state index contributed by atoms with van der Waals surface area (Å²) >= 11 is 0. The first-order valence-corrected chi connectivity index (χ1v) is 11.9. The average molecular weight is 464 g/mol. The molecule has 1 aromatic heterocycles. The van der Waals surface area contributed by atoms with Crippen LogP contribution < -0.4 is 15.0 Å². The van der Waals surface area contributed by atoms with Crippen molar-refractivity contribution >= 4 is 11.9 Å². The van der Waals surface area contributed by atoms with Crippen molar-refractivity contribution in [2.75, 3.05) is 45.2 Å². The fourth-order valence-electron chi connectivity index (χ4n) is 4.25. The number of carbonyl (C=O) groups excluding carboxylic acids is 1. The van der Waals surface area contributed by atoms with Gasteiger partial charge in [0.2, 0.25) is 11.7 Å². The van der Waals surface area contributed by atoms with E-state index >= 15 is 0 Å². The molecule has 8 heteroatoms. The molecule has 1 N–H and O–H groups in total. The first-order valence-electron chi connectivity index (χ1n) is 11.9. The van der Waals surface area contributed by atoms with Crippen molar-refractivity contribution in [2.45, 2.75) is 25.8 Å². The lowest BCUT2D eigenvalue weighted by atomic mass is 9.97. The Morgan fingerprint density at radius 1 is 1.21 bits per heavy atom. The second kappa shape index (κ2) is 11.7. The molecule has 0 aliphatic carbocycles. The Labute approximate surface area is 200 Å². The van der Waals surface area contributed by atoms with Gasteiger partial charge in [0, 0.05) is 31.7 Å². The molecule has 34 heavy (non-hydrogen) atoms. The Morgan fingerprint density at radius 3 is 2.76 bits per heavy atom. The van der Waals surface area contributed by atoms with E-state index in [0.29, 0.717) is 24.9 Å². The normalized spacial score (nSPS) is 16.0. The molecular weight excluding hydrogens is 430 g/mol. The van der Waals surface area contributed by atoms with Crippen molar-refractivity contribution in [2.24, 2.45) is 5.92 Å². The number of nitrogens with one attached hydrogen (secondary N) is 1. The van der Waals surface area contributed by atoms with E-state index in [2.05, 4.69) is 51.7 Å². The Bertz CT molecular complexity index is 1040. The van der Waals surface area contributed by atoms with Gasteiger partial charge in [-0.1, -0.05) is 35.5 Å². The number of aromatic nitrogens is 2. The predicted molar refractivity (Wildman–Crippen MR) is 132 cm³/mol. The molecule has 0 unspecified atom stereocenters. The molecule has 1 amide bonds. The van der Waals surface area contributed by atoms with Gasteiger partial charge in [-0.05, 0) is 62.7 Å². The Kier molecular flexibility index (Phi) is 8.14. The van der Waals surface area contributed by atoms with Crippen LogP contribution in [0.4, 0.5) is 6.01 Å². The third-order valence-electron chi connectivity index (χ3n) is 6.14. The first-order chi connectivity index (χ1) is 16.6. The van der Waals surface area contributed by atoms with Gasteiger partial charge in [0.15, 0.2) is 0 Å². The molecule has 0 spiro atoms. The smallest absolute Gasteiger partial charge is 0.324 e. The van der Waals surface area contributed by atoms with Crippen molar-refractivity contribution in [1.29, 1.82) is 0 Å². The molecule has 1 aliphatic rings. The summed E-state index contributed by atoms with van der Waals surface area (Å²) < 4.78 is 10.7. The SMILES string of the molecule is COc1ccc(-c2noc(N3CCC[C@@H](C(=O)NCCCN(C)Cc4ccccc4)C3)n2)cc1. The van der Waals surface area contributed by atoms with Crippen molar-refractivity contribution < 1.29 is 14.1 Å². The summed E-state index contributed by atoms with van der Waals surface area (Å²) in [6.45, 7) is 3.91. The molecule has 0 bridgehead atoms. The van der Waals surface area contributed by atoms with Crippen LogP contribution in [0.5, 0.6) is 5.75 Å². The van der Waals surface area contributed by atoms with Crippen molar-refractivity contribution in [1.82, 2.24) is 20.4 Å². The molecule has 1 atom stereocenters. The van der Waals surface area contributed by atoms with Crippen LogP contribution in [0.2, 0.25) is 0 Å². The molecule has 8 nitrogen and oxygen atoms in total. The zero-order valence-electron chi connectivity index (χ0n) is 19.9. The number of hydrogen-bond donors (Lipinski definition) is 1. The first kappa shape index (κ1) is 23.8. The highest BCUT2D eigenvalue weighted by Crippen LogP contribution is 2.25. The van der Waals surface area contributed by atoms with E-state index in [0.717, 1.165) is 50.2 Å². The topological polar surface area (TPSA) is 83.7 Å². The average Bonchev–Trinajstić information content (AvgIpc) is 3.38. The van der Waals surface area contributed by atoms with Gasteiger partial charge in [-0.15, -0.1) is 0 Å². The lowest BCUT2D eigenvalue weighted by molar-refractivity contribution is -0.125. The van der Waals surface area contributed by atoms with E-state index in [1.165, 1.54) is 5.56 Å². The number of methoxy groups -OCH3 is 1. The van der Waals surface area contributed by atoms with E-state index in [9.17, 15) is 4.79 Å². The van der Waals surface area contributed by atoms with Crippen LogP contribution in [0.25, 0.3) is 11.4 Å². The third-order valence-corrected chi connectivity index (χ3v) is 6.14. The highest BCUT2D eigenvalue weighted by atomic mass is 16.5. The van der Waals surface area contributed by atoms with Crippen LogP contribution in [0, 0.1) is 5.92 Å². The molecule has 0 saturated carbocycles. The summed E-state index contributed by atoms with van der Waals surface area (Å²) in [5, 5.41) is 7.24. The van der Waals surface area contributed by atoms with E-state index in [-0.39, 0.29) is 11.8 Å². The second-order valence-electron chi connectivity index (χ2n) is 8.78. The number of amides is 1. The van der Waals surface area contributed by atoms with Crippen LogP contribution in [0.3, 0.4) is 0 Å². The minimum Gasteiger partial charge on any atom is -0.497 e. The number of rotatable bonds is 10.